The fourth-order valence-electron chi connectivity index (χ4n) is 4.20. The number of rotatable bonds is 6. The molecule has 1 aliphatic carbocycles. The molecule has 0 atom stereocenters. The molecular formula is C25H24N2O4S. The fourth-order valence-corrected chi connectivity index (χ4v) is 5.27. The van der Waals surface area contributed by atoms with Crippen LogP contribution in [-0.2, 0) is 19.4 Å². The van der Waals surface area contributed by atoms with Crippen LogP contribution >= 0.6 is 11.3 Å². The predicted molar refractivity (Wildman–Crippen MR) is 125 cm³/mol. The average molecular weight is 449 g/mol. The van der Waals surface area contributed by atoms with Crippen LogP contribution in [0, 0.1) is 0 Å². The highest BCUT2D eigenvalue weighted by atomic mass is 32.1. The van der Waals surface area contributed by atoms with E-state index in [2.05, 4.69) is 6.07 Å². The minimum Gasteiger partial charge on any atom is -0.495 e. The molecule has 7 heteroatoms. The van der Waals surface area contributed by atoms with Crippen LogP contribution in [0.1, 0.15) is 40.1 Å². The van der Waals surface area contributed by atoms with Crippen LogP contribution in [0.25, 0.3) is 10.2 Å². The molecule has 1 aliphatic rings. The highest BCUT2D eigenvalue weighted by Gasteiger charge is 2.25. The Hall–Kier alpha value is -3.32. The highest BCUT2D eigenvalue weighted by molar-refractivity contribution is 7.22. The Morgan fingerprint density at radius 3 is 2.59 bits per heavy atom. The Kier molecular flexibility index (Phi) is 5.57. The Bertz CT molecular complexity index is 1220. The van der Waals surface area contributed by atoms with Gasteiger partial charge in [-0.15, -0.1) is 0 Å². The predicted octanol–water partition coefficient (Wildman–Crippen LogP) is 5.63. The number of ether oxygens (including phenoxy) is 2. The molecule has 0 radical (unpaired) electrons. The van der Waals surface area contributed by atoms with Gasteiger partial charge >= 0.3 is 0 Å². The number of hydrogen-bond donors (Lipinski definition) is 0. The van der Waals surface area contributed by atoms with Gasteiger partial charge in [0.15, 0.2) is 5.13 Å². The maximum atomic E-state index is 13.7. The summed E-state index contributed by atoms with van der Waals surface area (Å²) in [5.74, 6) is 1.92. The number of nitrogens with zero attached hydrogens (tertiary/aromatic N) is 2. The van der Waals surface area contributed by atoms with E-state index in [1.807, 2.05) is 36.4 Å². The van der Waals surface area contributed by atoms with Crippen molar-refractivity contribution in [3.05, 3.63) is 71.2 Å². The Morgan fingerprint density at radius 1 is 1.06 bits per heavy atom. The van der Waals surface area contributed by atoms with E-state index in [0.717, 1.165) is 24.0 Å². The number of benzene rings is 2. The summed E-state index contributed by atoms with van der Waals surface area (Å²) in [7, 11) is 3.23. The minimum absolute atomic E-state index is 0.105. The van der Waals surface area contributed by atoms with Crippen molar-refractivity contribution in [1.29, 1.82) is 0 Å². The van der Waals surface area contributed by atoms with Crippen LogP contribution in [-0.4, -0.2) is 25.1 Å². The van der Waals surface area contributed by atoms with E-state index in [4.69, 9.17) is 18.9 Å². The van der Waals surface area contributed by atoms with E-state index in [1.54, 1.807) is 25.4 Å². The fraction of sp³-hybridized carbons (Fsp3) is 0.280. The second-order valence-corrected chi connectivity index (χ2v) is 8.78. The molecule has 2 aromatic heterocycles. The van der Waals surface area contributed by atoms with Gasteiger partial charge in [0.25, 0.3) is 5.91 Å². The van der Waals surface area contributed by atoms with E-state index in [-0.39, 0.29) is 12.5 Å². The quantitative estimate of drug-likeness (QED) is 0.382. The van der Waals surface area contributed by atoms with Crippen molar-refractivity contribution in [2.24, 2.45) is 0 Å². The first-order chi connectivity index (χ1) is 15.7. The molecule has 0 unspecified atom stereocenters. The number of aryl methyl sites for hydroxylation is 2. The van der Waals surface area contributed by atoms with E-state index in [1.165, 1.54) is 28.9 Å². The zero-order valence-corrected chi connectivity index (χ0v) is 18.9. The van der Waals surface area contributed by atoms with Crippen molar-refractivity contribution in [2.45, 2.75) is 32.2 Å². The van der Waals surface area contributed by atoms with Crippen LogP contribution in [0.2, 0.25) is 0 Å². The molecule has 0 saturated carbocycles. The Balaban J connectivity index is 1.59. The summed E-state index contributed by atoms with van der Waals surface area (Å²) in [6, 6.07) is 13.4. The first kappa shape index (κ1) is 20.6. The monoisotopic (exact) mass is 448 g/mol. The van der Waals surface area contributed by atoms with Gasteiger partial charge in [0.05, 0.1) is 27.0 Å². The van der Waals surface area contributed by atoms with Crippen molar-refractivity contribution < 1.29 is 18.7 Å². The number of anilines is 1. The second kappa shape index (κ2) is 8.67. The van der Waals surface area contributed by atoms with E-state index in [0.29, 0.717) is 33.5 Å². The first-order valence-electron chi connectivity index (χ1n) is 10.7. The van der Waals surface area contributed by atoms with Gasteiger partial charge in [0.2, 0.25) is 0 Å². The van der Waals surface area contributed by atoms with Crippen molar-refractivity contribution in [3.63, 3.8) is 0 Å². The number of hydrogen-bond acceptors (Lipinski definition) is 6. The first-order valence-corrected chi connectivity index (χ1v) is 11.5. The van der Waals surface area contributed by atoms with Crippen LogP contribution in [0.3, 0.4) is 0 Å². The van der Waals surface area contributed by atoms with E-state index < -0.39 is 0 Å². The van der Waals surface area contributed by atoms with Crippen molar-refractivity contribution in [3.8, 4) is 11.5 Å². The van der Waals surface area contributed by atoms with Gasteiger partial charge in [-0.1, -0.05) is 17.4 Å². The molecule has 0 spiro atoms. The molecule has 1 amide bonds. The van der Waals surface area contributed by atoms with Crippen LogP contribution in [0.15, 0.2) is 53.1 Å². The van der Waals surface area contributed by atoms with Gasteiger partial charge in [0.1, 0.15) is 27.5 Å². The van der Waals surface area contributed by atoms with E-state index >= 15 is 0 Å². The molecular weight excluding hydrogens is 424 g/mol. The minimum atomic E-state index is -0.105. The number of furan rings is 1. The van der Waals surface area contributed by atoms with Gasteiger partial charge in [0, 0.05) is 5.56 Å². The molecule has 0 saturated heterocycles. The SMILES string of the molecule is COc1ccc(OC)c2sc(N(Cc3ccco3)C(=O)c3ccc4c(c3)CCCC4)nc12. The molecule has 5 rings (SSSR count). The molecule has 0 N–H and O–H groups in total. The number of thiazole rings is 1. The largest absolute Gasteiger partial charge is 0.495 e. The van der Waals surface area contributed by atoms with Gasteiger partial charge in [-0.2, -0.15) is 0 Å². The van der Waals surface area contributed by atoms with Gasteiger partial charge in [-0.25, -0.2) is 4.98 Å². The van der Waals surface area contributed by atoms with Crippen molar-refractivity contribution in [2.75, 3.05) is 19.1 Å². The van der Waals surface area contributed by atoms with Crippen molar-refractivity contribution >= 4 is 32.6 Å². The molecule has 0 bridgehead atoms. The Labute approximate surface area is 190 Å². The number of carbonyl (C=O) groups is 1. The summed E-state index contributed by atoms with van der Waals surface area (Å²) in [5, 5.41) is 0.571. The normalized spacial score (nSPS) is 13.1. The molecule has 2 aromatic carbocycles. The lowest BCUT2D eigenvalue weighted by molar-refractivity contribution is 0.0983. The number of carbonyl (C=O) groups excluding carboxylic acids is 1. The Morgan fingerprint density at radius 2 is 1.84 bits per heavy atom. The van der Waals surface area contributed by atoms with Crippen LogP contribution < -0.4 is 14.4 Å². The number of aromatic nitrogens is 1. The molecule has 2 heterocycles. The summed E-state index contributed by atoms with van der Waals surface area (Å²) in [4.78, 5) is 20.2. The van der Waals surface area contributed by atoms with Gasteiger partial charge < -0.3 is 13.9 Å². The molecule has 4 aromatic rings. The topological polar surface area (TPSA) is 64.8 Å². The molecule has 164 valence electrons. The number of amides is 1. The maximum absolute atomic E-state index is 13.7. The zero-order chi connectivity index (χ0) is 22.1. The maximum Gasteiger partial charge on any atom is 0.260 e. The standard InChI is InChI=1S/C25H24N2O4S/c1-29-20-11-12-21(30-2)23-22(20)26-25(32-23)27(15-19-8-5-13-31-19)24(28)18-10-9-16-6-3-4-7-17(16)14-18/h5,8-14H,3-4,6-7,15H2,1-2H3. The average Bonchev–Trinajstić information content (AvgIpc) is 3.51. The molecule has 6 nitrogen and oxygen atoms in total. The zero-order valence-electron chi connectivity index (χ0n) is 18.1. The smallest absolute Gasteiger partial charge is 0.260 e. The van der Waals surface area contributed by atoms with Crippen LogP contribution in [0.5, 0.6) is 11.5 Å². The third-order valence-electron chi connectivity index (χ3n) is 5.86. The second-order valence-electron chi connectivity index (χ2n) is 7.81. The summed E-state index contributed by atoms with van der Waals surface area (Å²) in [5.41, 5.74) is 3.96. The number of fused-ring (bicyclic) bond motifs is 2. The third kappa shape index (κ3) is 3.73. The van der Waals surface area contributed by atoms with Gasteiger partial charge in [-0.3, -0.25) is 9.69 Å². The van der Waals surface area contributed by atoms with Crippen LogP contribution in [0.4, 0.5) is 5.13 Å². The number of methoxy groups -OCH3 is 2. The van der Waals surface area contributed by atoms with Gasteiger partial charge in [-0.05, 0) is 73.2 Å². The summed E-state index contributed by atoms with van der Waals surface area (Å²) >= 11 is 1.41. The third-order valence-corrected chi connectivity index (χ3v) is 6.96. The lowest BCUT2D eigenvalue weighted by Gasteiger charge is -2.21. The molecule has 0 fully saturated rings. The summed E-state index contributed by atoms with van der Waals surface area (Å²) in [6.45, 7) is 0.285. The molecule has 0 aliphatic heterocycles. The summed E-state index contributed by atoms with van der Waals surface area (Å²) in [6.07, 6.45) is 6.08. The highest BCUT2D eigenvalue weighted by Crippen LogP contribution is 2.41. The lowest BCUT2D eigenvalue weighted by atomic mass is 9.90. The van der Waals surface area contributed by atoms with E-state index in [9.17, 15) is 4.79 Å². The summed E-state index contributed by atoms with van der Waals surface area (Å²) < 4.78 is 17.4. The lowest BCUT2D eigenvalue weighted by Crippen LogP contribution is -2.30. The molecule has 32 heavy (non-hydrogen) atoms. The van der Waals surface area contributed by atoms with Crippen molar-refractivity contribution in [1.82, 2.24) is 4.98 Å².